The second-order valence-electron chi connectivity index (χ2n) is 14.5. The van der Waals surface area contributed by atoms with E-state index in [2.05, 4.69) is 32.9 Å². The average Bonchev–Trinajstić information content (AvgIpc) is 3.55. The quantitative estimate of drug-likeness (QED) is 0.0978. The van der Waals surface area contributed by atoms with Gasteiger partial charge in [-0.2, -0.15) is 27.5 Å². The van der Waals surface area contributed by atoms with E-state index >= 15 is 17.6 Å². The topological polar surface area (TPSA) is 221 Å². The van der Waals surface area contributed by atoms with Crippen molar-refractivity contribution < 1.29 is 64.2 Å². The molecule has 2 aromatic heterocycles. The molecular formula is C34H48F4N6O12P2S2. The van der Waals surface area contributed by atoms with Crippen molar-refractivity contribution in [2.75, 3.05) is 23.8 Å². The summed E-state index contributed by atoms with van der Waals surface area (Å²) in [4.78, 5) is 70.1. The van der Waals surface area contributed by atoms with Crippen molar-refractivity contribution in [2.24, 2.45) is 11.8 Å². The second-order valence-corrected chi connectivity index (χ2v) is 20.2. The molecule has 3 N–H and O–H groups in total. The van der Waals surface area contributed by atoms with Gasteiger partial charge in [-0.3, -0.25) is 32.3 Å². The smallest absolute Gasteiger partial charge is 0.343 e. The van der Waals surface area contributed by atoms with Crippen molar-refractivity contribution in [3.8, 4) is 0 Å². The number of thiol groups is 1. The number of alkyl halides is 4. The molecule has 3 unspecified atom stereocenters. The van der Waals surface area contributed by atoms with Gasteiger partial charge in [0.05, 0.1) is 13.2 Å². The molecule has 2 amide bonds. The number of aromatic nitrogens is 4. The molecule has 0 saturated carbocycles. The first-order valence-electron chi connectivity index (χ1n) is 19.4. The van der Waals surface area contributed by atoms with Crippen LogP contribution in [0, 0.1) is 11.8 Å². The molecule has 0 spiro atoms. The van der Waals surface area contributed by atoms with Crippen LogP contribution in [0.15, 0.2) is 34.1 Å². The first kappa shape index (κ1) is 48.4. The van der Waals surface area contributed by atoms with Crippen LogP contribution in [-0.2, 0) is 53.5 Å². The lowest BCUT2D eigenvalue weighted by molar-refractivity contribution is -0.140. The lowest BCUT2D eigenvalue weighted by atomic mass is 9.97. The van der Waals surface area contributed by atoms with E-state index in [4.69, 9.17) is 39.4 Å². The Kier molecular flexibility index (Phi) is 16.0. The van der Waals surface area contributed by atoms with Crippen LogP contribution in [0.1, 0.15) is 91.5 Å². The number of hydrogen-bond donors (Lipinski definition) is 4. The Morgan fingerprint density at radius 1 is 0.800 bits per heavy atom. The Morgan fingerprint density at radius 3 is 1.57 bits per heavy atom. The Balaban J connectivity index is 1.36. The molecule has 3 fully saturated rings. The molecule has 336 valence electrons. The zero-order valence-electron chi connectivity index (χ0n) is 33.0. The van der Waals surface area contributed by atoms with Crippen LogP contribution in [-0.4, -0.2) is 85.3 Å². The number of halogens is 4. The van der Waals surface area contributed by atoms with Gasteiger partial charge >= 0.3 is 36.7 Å². The van der Waals surface area contributed by atoms with Gasteiger partial charge in [0, 0.05) is 24.2 Å². The minimum atomic E-state index is -4.98. The molecule has 3 aliphatic heterocycles. The van der Waals surface area contributed by atoms with Crippen LogP contribution < -0.4 is 22.0 Å². The maximum Gasteiger partial charge on any atom is 0.386 e. The largest absolute Gasteiger partial charge is 0.386 e. The summed E-state index contributed by atoms with van der Waals surface area (Å²) in [5.74, 6) is -10.5. The van der Waals surface area contributed by atoms with Gasteiger partial charge in [0.1, 0.15) is 23.8 Å². The SMILES string of the molecule is CCCC(CCC)C(=O)Nc1ccn([C@@H]2O[C@@H]3COP(O)(=S)O[C@H]4[C@@H](COP(=O)(S)OC3C2(F)F)O[C@@H](n2ccc(NC(=O)C(CCC)CCC)nc2=O)C4(F)F)c(=O)n1. The fraction of sp³-hybridized carbons (Fsp3) is 0.706. The molecular weight excluding hydrogens is 886 g/mol. The predicted octanol–water partition coefficient (Wildman–Crippen LogP) is 5.95. The molecule has 0 radical (unpaired) electrons. The number of carbonyl (C=O) groups is 2. The number of amides is 2. The van der Waals surface area contributed by atoms with Gasteiger partial charge in [-0.05, 0) is 49.6 Å². The third-order valence-corrected chi connectivity index (χ3v) is 13.1. The van der Waals surface area contributed by atoms with Crippen LogP contribution in [0.2, 0.25) is 0 Å². The van der Waals surface area contributed by atoms with E-state index in [9.17, 15) is 28.6 Å². The molecule has 3 aliphatic rings. The number of ether oxygens (including phenoxy) is 2. The van der Waals surface area contributed by atoms with Crippen LogP contribution in [0.3, 0.4) is 0 Å². The van der Waals surface area contributed by atoms with Gasteiger partial charge in [-0.25, -0.2) is 14.2 Å². The molecule has 5 rings (SSSR count). The fourth-order valence-electron chi connectivity index (χ4n) is 7.13. The summed E-state index contributed by atoms with van der Waals surface area (Å²) in [7, 11) is 0. The summed E-state index contributed by atoms with van der Waals surface area (Å²) in [6.07, 6.45) is -7.31. The predicted molar refractivity (Wildman–Crippen MR) is 213 cm³/mol. The molecule has 26 heteroatoms. The van der Waals surface area contributed by atoms with Gasteiger partial charge in [0.25, 0.3) is 0 Å². The standard InChI is InChI=1S/C34H48F4N6O12P2S2/c1-5-9-19(10-6-2)27(45)39-23-13-15-43(31(47)41-23)29-33(35,36)25-21(53-29)17-51-58(50,60)56-26-22(18-52-57(49,59)55-25)54-30(34(26,37)38)44-16-14-24(42-32(44)48)40-28(46)20(11-7-3)12-8-4/h13-16,19-22,25-26,29-30H,5-12,17-18H2,1-4H3,(H,49,59)(H,50,60)(H,39,41,45,47)(H,40,42,46,48)/t21-,22-,25+,26?,29-,30-,57?,58?/m1/s1. The van der Waals surface area contributed by atoms with E-state index in [1.807, 2.05) is 27.7 Å². The number of carbonyl (C=O) groups excluding carboxylic acids is 2. The normalized spacial score (nSPS) is 30.3. The fourth-order valence-corrected chi connectivity index (χ4v) is 10.0. The number of nitrogens with one attached hydrogen (secondary N) is 2. The van der Waals surface area contributed by atoms with Gasteiger partial charge in [0.15, 0.2) is 12.2 Å². The van der Waals surface area contributed by atoms with E-state index < -0.39 is 98.6 Å². The molecule has 18 nitrogen and oxygen atoms in total. The van der Waals surface area contributed by atoms with Crippen LogP contribution >= 0.6 is 25.8 Å². The van der Waals surface area contributed by atoms with Crippen LogP contribution in [0.4, 0.5) is 29.2 Å². The highest BCUT2D eigenvalue weighted by Crippen LogP contribution is 2.61. The average molecular weight is 935 g/mol. The van der Waals surface area contributed by atoms with Crippen molar-refractivity contribution in [3.05, 3.63) is 45.5 Å². The molecule has 5 heterocycles. The first-order valence-corrected chi connectivity index (χ1v) is 24.6. The van der Waals surface area contributed by atoms with Crippen molar-refractivity contribution >= 4 is 61.0 Å². The minimum absolute atomic E-state index is 0.213. The number of rotatable bonds is 14. The van der Waals surface area contributed by atoms with Crippen molar-refractivity contribution in [3.63, 3.8) is 0 Å². The monoisotopic (exact) mass is 934 g/mol. The van der Waals surface area contributed by atoms with Crippen molar-refractivity contribution in [1.82, 2.24) is 19.1 Å². The summed E-state index contributed by atoms with van der Waals surface area (Å²) in [5, 5.41) is 5.02. The molecule has 60 heavy (non-hydrogen) atoms. The zero-order valence-corrected chi connectivity index (χ0v) is 36.5. The Hall–Kier alpha value is -2.63. The number of nitrogens with zero attached hydrogens (tertiary/aromatic N) is 4. The summed E-state index contributed by atoms with van der Waals surface area (Å²) in [6, 6.07) is 2.18. The first-order chi connectivity index (χ1) is 28.2. The third kappa shape index (κ3) is 11.1. The minimum Gasteiger partial charge on any atom is -0.343 e. The Bertz CT molecular complexity index is 1930. The van der Waals surface area contributed by atoms with Gasteiger partial charge in [-0.15, -0.1) is 0 Å². The number of hydrogen-bond acceptors (Lipinski definition) is 14. The highest BCUT2D eigenvalue weighted by Gasteiger charge is 2.65. The van der Waals surface area contributed by atoms with Crippen LogP contribution in [0.5, 0.6) is 0 Å². The van der Waals surface area contributed by atoms with Crippen molar-refractivity contribution in [2.45, 2.75) is 128 Å². The van der Waals surface area contributed by atoms with Gasteiger partial charge in [-0.1, -0.05) is 65.6 Å². The van der Waals surface area contributed by atoms with Gasteiger partial charge < -0.3 is 29.5 Å². The van der Waals surface area contributed by atoms with E-state index in [0.717, 1.165) is 50.2 Å². The maximum atomic E-state index is 16.2. The lowest BCUT2D eigenvalue weighted by Crippen LogP contribution is -2.44. The van der Waals surface area contributed by atoms with Crippen LogP contribution in [0.25, 0.3) is 0 Å². The molecule has 2 aromatic rings. The Labute approximate surface area is 352 Å². The maximum absolute atomic E-state index is 16.2. The van der Waals surface area contributed by atoms with Gasteiger partial charge in [0.2, 0.25) is 24.3 Å². The molecule has 8 atom stereocenters. The molecule has 0 bridgehead atoms. The molecule has 0 aliphatic carbocycles. The molecule has 3 saturated heterocycles. The summed E-state index contributed by atoms with van der Waals surface area (Å²) >= 11 is 8.75. The summed E-state index contributed by atoms with van der Waals surface area (Å²) in [5.41, 5.74) is -2.58. The summed E-state index contributed by atoms with van der Waals surface area (Å²) in [6.45, 7) is -4.52. The van der Waals surface area contributed by atoms with E-state index in [0.29, 0.717) is 34.8 Å². The van der Waals surface area contributed by atoms with E-state index in [1.165, 1.54) is 0 Å². The second kappa shape index (κ2) is 19.8. The van der Waals surface area contributed by atoms with E-state index in [1.54, 1.807) is 0 Å². The van der Waals surface area contributed by atoms with Crippen molar-refractivity contribution in [1.29, 1.82) is 0 Å². The third-order valence-electron chi connectivity index (χ3n) is 9.96. The number of fused-ring (bicyclic) bond motifs is 2. The summed E-state index contributed by atoms with van der Waals surface area (Å²) < 4.78 is 111. The highest BCUT2D eigenvalue weighted by atomic mass is 32.7. The number of anilines is 2. The lowest BCUT2D eigenvalue weighted by Gasteiger charge is -2.30. The van der Waals surface area contributed by atoms with E-state index in [-0.39, 0.29) is 23.5 Å². The Morgan fingerprint density at radius 2 is 1.18 bits per heavy atom. The zero-order chi connectivity index (χ0) is 44.2. The highest BCUT2D eigenvalue weighted by molar-refractivity contribution is 8.44. The molecule has 0 aromatic carbocycles.